The van der Waals surface area contributed by atoms with E-state index in [0.29, 0.717) is 12.0 Å². The third kappa shape index (κ3) is 7.70. The highest BCUT2D eigenvalue weighted by atomic mass is 16.6. The summed E-state index contributed by atoms with van der Waals surface area (Å²) in [5.41, 5.74) is -0.447. The molecule has 0 aromatic heterocycles. The SMILES string of the molecule is CC1CCCC(NCC(NC(=O)OC(C)(C)C)C(C)C)C1. The zero-order valence-electron chi connectivity index (χ0n) is 14.7. The van der Waals surface area contributed by atoms with Crippen LogP contribution in [0.3, 0.4) is 0 Å². The molecule has 0 radical (unpaired) electrons. The summed E-state index contributed by atoms with van der Waals surface area (Å²) in [6.07, 6.45) is 4.84. The summed E-state index contributed by atoms with van der Waals surface area (Å²) in [5.74, 6) is 1.19. The molecule has 2 N–H and O–H groups in total. The molecule has 1 saturated carbocycles. The molecule has 0 aromatic rings. The fourth-order valence-corrected chi connectivity index (χ4v) is 2.83. The summed E-state index contributed by atoms with van der Waals surface area (Å²) in [7, 11) is 0. The van der Waals surface area contributed by atoms with E-state index >= 15 is 0 Å². The van der Waals surface area contributed by atoms with Crippen LogP contribution in [0.4, 0.5) is 4.79 Å². The van der Waals surface area contributed by atoms with Crippen molar-refractivity contribution in [2.45, 2.75) is 84.9 Å². The fourth-order valence-electron chi connectivity index (χ4n) is 2.83. The Labute approximate surface area is 130 Å². The van der Waals surface area contributed by atoms with Crippen LogP contribution in [0.2, 0.25) is 0 Å². The van der Waals surface area contributed by atoms with Crippen LogP contribution >= 0.6 is 0 Å². The average Bonchev–Trinajstić information content (AvgIpc) is 2.32. The number of hydrogen-bond donors (Lipinski definition) is 2. The Morgan fingerprint density at radius 3 is 2.48 bits per heavy atom. The van der Waals surface area contributed by atoms with Crippen LogP contribution in [0.15, 0.2) is 0 Å². The maximum absolute atomic E-state index is 11.9. The van der Waals surface area contributed by atoms with Crippen molar-refractivity contribution in [2.75, 3.05) is 6.54 Å². The van der Waals surface area contributed by atoms with Gasteiger partial charge in [-0.05, 0) is 45.4 Å². The van der Waals surface area contributed by atoms with Crippen LogP contribution in [0, 0.1) is 11.8 Å². The molecule has 0 spiro atoms. The predicted octanol–water partition coefficient (Wildman–Crippen LogP) is 3.70. The summed E-state index contributed by atoms with van der Waals surface area (Å²) < 4.78 is 5.35. The van der Waals surface area contributed by atoms with Crippen molar-refractivity contribution >= 4 is 6.09 Å². The lowest BCUT2D eigenvalue weighted by Crippen LogP contribution is -2.49. The van der Waals surface area contributed by atoms with Gasteiger partial charge in [-0.1, -0.05) is 33.6 Å². The lowest BCUT2D eigenvalue weighted by molar-refractivity contribution is 0.0488. The van der Waals surface area contributed by atoms with E-state index in [1.54, 1.807) is 0 Å². The van der Waals surface area contributed by atoms with Gasteiger partial charge in [0, 0.05) is 18.6 Å². The van der Waals surface area contributed by atoms with Gasteiger partial charge in [0.15, 0.2) is 0 Å². The van der Waals surface area contributed by atoms with E-state index in [4.69, 9.17) is 4.74 Å². The van der Waals surface area contributed by atoms with Gasteiger partial charge in [0.2, 0.25) is 0 Å². The molecule has 0 aliphatic heterocycles. The maximum atomic E-state index is 11.9. The molecule has 1 fully saturated rings. The zero-order valence-corrected chi connectivity index (χ0v) is 14.7. The lowest BCUT2D eigenvalue weighted by atomic mass is 9.87. The Balaban J connectivity index is 2.41. The molecule has 1 amide bonds. The number of rotatable bonds is 5. The first kappa shape index (κ1) is 18.3. The highest BCUT2D eigenvalue weighted by Crippen LogP contribution is 2.23. The maximum Gasteiger partial charge on any atom is 0.407 e. The van der Waals surface area contributed by atoms with E-state index in [9.17, 15) is 4.79 Å². The molecular formula is C17H34N2O2. The number of amides is 1. The molecule has 1 aliphatic carbocycles. The van der Waals surface area contributed by atoms with E-state index in [1.807, 2.05) is 20.8 Å². The molecule has 0 aromatic carbocycles. The zero-order chi connectivity index (χ0) is 16.0. The molecule has 4 nitrogen and oxygen atoms in total. The molecule has 3 unspecified atom stereocenters. The van der Waals surface area contributed by atoms with Crippen LogP contribution in [-0.4, -0.2) is 30.3 Å². The van der Waals surface area contributed by atoms with Crippen LogP contribution in [0.5, 0.6) is 0 Å². The van der Waals surface area contributed by atoms with E-state index in [0.717, 1.165) is 12.5 Å². The second kappa shape index (κ2) is 8.02. The van der Waals surface area contributed by atoms with Crippen molar-refractivity contribution < 1.29 is 9.53 Å². The van der Waals surface area contributed by atoms with Gasteiger partial charge in [-0.15, -0.1) is 0 Å². The van der Waals surface area contributed by atoms with Gasteiger partial charge in [0.05, 0.1) is 0 Å². The smallest absolute Gasteiger partial charge is 0.407 e. The van der Waals surface area contributed by atoms with Crippen LogP contribution in [-0.2, 0) is 4.74 Å². The van der Waals surface area contributed by atoms with Gasteiger partial charge >= 0.3 is 6.09 Å². The predicted molar refractivity (Wildman–Crippen MR) is 87.4 cm³/mol. The van der Waals surface area contributed by atoms with Gasteiger partial charge in [-0.25, -0.2) is 4.79 Å². The Morgan fingerprint density at radius 2 is 1.95 bits per heavy atom. The third-order valence-electron chi connectivity index (χ3n) is 4.07. The van der Waals surface area contributed by atoms with Crippen LogP contribution in [0.25, 0.3) is 0 Å². The van der Waals surface area contributed by atoms with Gasteiger partial charge in [0.25, 0.3) is 0 Å². The minimum absolute atomic E-state index is 0.108. The van der Waals surface area contributed by atoms with Crippen molar-refractivity contribution in [3.63, 3.8) is 0 Å². The number of ether oxygens (including phenoxy) is 1. The van der Waals surface area contributed by atoms with Gasteiger partial charge in [-0.2, -0.15) is 0 Å². The van der Waals surface area contributed by atoms with Crippen LogP contribution < -0.4 is 10.6 Å². The molecule has 124 valence electrons. The van der Waals surface area contributed by atoms with Crippen LogP contribution in [0.1, 0.15) is 67.2 Å². The Kier molecular flexibility index (Phi) is 6.98. The lowest BCUT2D eigenvalue weighted by Gasteiger charge is -2.31. The molecule has 3 atom stereocenters. The second-order valence-corrected chi connectivity index (χ2v) is 7.87. The minimum atomic E-state index is -0.447. The summed E-state index contributed by atoms with van der Waals surface area (Å²) in [6, 6.07) is 0.701. The molecule has 21 heavy (non-hydrogen) atoms. The molecule has 0 heterocycles. The summed E-state index contributed by atoms with van der Waals surface area (Å²) >= 11 is 0. The Morgan fingerprint density at radius 1 is 1.29 bits per heavy atom. The van der Waals surface area contributed by atoms with Gasteiger partial charge in [0.1, 0.15) is 5.60 Å². The number of carbonyl (C=O) groups excluding carboxylic acids is 1. The third-order valence-corrected chi connectivity index (χ3v) is 4.07. The highest BCUT2D eigenvalue weighted by Gasteiger charge is 2.23. The molecule has 4 heteroatoms. The van der Waals surface area contributed by atoms with Crippen molar-refractivity contribution in [2.24, 2.45) is 11.8 Å². The molecule has 0 saturated heterocycles. The Hall–Kier alpha value is -0.770. The average molecular weight is 298 g/mol. The first-order chi connectivity index (χ1) is 9.67. The van der Waals surface area contributed by atoms with Crippen molar-refractivity contribution in [1.82, 2.24) is 10.6 Å². The van der Waals surface area contributed by atoms with E-state index in [1.165, 1.54) is 25.7 Å². The van der Waals surface area contributed by atoms with E-state index < -0.39 is 5.60 Å². The Bertz CT molecular complexity index is 323. The first-order valence-electron chi connectivity index (χ1n) is 8.40. The fraction of sp³-hybridized carbons (Fsp3) is 0.941. The van der Waals surface area contributed by atoms with E-state index in [-0.39, 0.29) is 12.1 Å². The monoisotopic (exact) mass is 298 g/mol. The molecule has 0 bridgehead atoms. The largest absolute Gasteiger partial charge is 0.444 e. The topological polar surface area (TPSA) is 50.4 Å². The number of carbonyl (C=O) groups is 1. The number of hydrogen-bond acceptors (Lipinski definition) is 3. The normalized spacial score (nSPS) is 24.7. The first-order valence-corrected chi connectivity index (χ1v) is 8.40. The standard InChI is InChI=1S/C17H34N2O2/c1-12(2)15(19-16(20)21-17(4,5)6)11-18-14-9-7-8-13(3)10-14/h12-15,18H,7-11H2,1-6H3,(H,19,20). The highest BCUT2D eigenvalue weighted by molar-refractivity contribution is 5.68. The minimum Gasteiger partial charge on any atom is -0.444 e. The summed E-state index contributed by atoms with van der Waals surface area (Å²) in [4.78, 5) is 11.9. The summed E-state index contributed by atoms with van der Waals surface area (Å²) in [6.45, 7) is 13.1. The number of alkyl carbamates (subject to hydrolysis) is 1. The van der Waals surface area contributed by atoms with Gasteiger partial charge < -0.3 is 15.4 Å². The second-order valence-electron chi connectivity index (χ2n) is 7.87. The molecular weight excluding hydrogens is 264 g/mol. The van der Waals surface area contributed by atoms with Crippen molar-refractivity contribution in [1.29, 1.82) is 0 Å². The number of nitrogens with one attached hydrogen (secondary N) is 2. The van der Waals surface area contributed by atoms with Crippen molar-refractivity contribution in [3.05, 3.63) is 0 Å². The summed E-state index contributed by atoms with van der Waals surface area (Å²) in [5, 5.41) is 6.63. The van der Waals surface area contributed by atoms with Crippen molar-refractivity contribution in [3.8, 4) is 0 Å². The van der Waals surface area contributed by atoms with E-state index in [2.05, 4.69) is 31.4 Å². The quantitative estimate of drug-likeness (QED) is 0.813. The molecule has 1 aliphatic rings. The van der Waals surface area contributed by atoms with Gasteiger partial charge in [-0.3, -0.25) is 0 Å². The molecule has 1 rings (SSSR count).